The first kappa shape index (κ1) is 34.6. The van der Waals surface area contributed by atoms with Crippen LogP contribution in [0.15, 0.2) is 78.4 Å². The molecular weight excluding hydrogens is 693 g/mol. The number of nitrogens with one attached hydrogen (secondary N) is 1. The molecule has 3 aromatic rings. The number of nitrogens with zero attached hydrogens (tertiary/aromatic N) is 2. The van der Waals surface area contributed by atoms with E-state index in [1.807, 2.05) is 25.2 Å². The number of imide groups is 2. The number of carbonyl (C=O) groups is 4. The van der Waals surface area contributed by atoms with E-state index in [0.29, 0.717) is 47.0 Å². The molecule has 264 valence electrons. The maximum Gasteiger partial charge on any atom is 0.260 e. The van der Waals surface area contributed by atoms with Gasteiger partial charge >= 0.3 is 0 Å². The summed E-state index contributed by atoms with van der Waals surface area (Å²) in [5.74, 6) is -3.87. The standard InChI is InChI=1S/C39H37Cl2N3O7/c1-4-17-43-35(46)26-13-12-25-27(34(26)37(43)48)20-29-36(47)44(42-31-15-9-23(40)19-30(31)41)38(49)39(29,22-7-10-24(50-2)11-8-22)28(25)14-5-21-6-16-32(45)33(18-21)51-3/h5-12,14-16,18-19,26-29,34,42,45H,4,13,17,20H2,1-3H3. The van der Waals surface area contributed by atoms with E-state index in [1.165, 1.54) is 24.1 Å². The molecule has 51 heavy (non-hydrogen) atoms. The van der Waals surface area contributed by atoms with Gasteiger partial charge in [-0.15, -0.1) is 0 Å². The van der Waals surface area contributed by atoms with Gasteiger partial charge in [-0.3, -0.25) is 29.5 Å². The maximum atomic E-state index is 15.2. The number of hydrogen-bond acceptors (Lipinski definition) is 8. The van der Waals surface area contributed by atoms with Crippen LogP contribution in [0.3, 0.4) is 0 Å². The Morgan fingerprint density at radius 1 is 0.941 bits per heavy atom. The molecule has 2 aliphatic carbocycles. The Morgan fingerprint density at radius 3 is 2.39 bits per heavy atom. The molecule has 4 aliphatic rings. The van der Waals surface area contributed by atoms with Gasteiger partial charge < -0.3 is 14.6 Å². The van der Waals surface area contributed by atoms with E-state index in [9.17, 15) is 19.5 Å². The zero-order valence-corrected chi connectivity index (χ0v) is 29.8. The number of amides is 4. The number of carbonyl (C=O) groups excluding carboxylic acids is 4. The number of fused-ring (bicyclic) bond motifs is 4. The van der Waals surface area contributed by atoms with Gasteiger partial charge in [-0.2, -0.15) is 5.01 Å². The predicted octanol–water partition coefficient (Wildman–Crippen LogP) is 6.66. The van der Waals surface area contributed by atoms with Crippen molar-refractivity contribution >= 4 is 58.6 Å². The molecule has 7 rings (SSSR count). The average molecular weight is 731 g/mol. The van der Waals surface area contributed by atoms with Crippen LogP contribution in [0.4, 0.5) is 5.69 Å². The van der Waals surface area contributed by atoms with Crippen LogP contribution in [0.1, 0.15) is 37.3 Å². The van der Waals surface area contributed by atoms with Crippen molar-refractivity contribution in [2.75, 3.05) is 26.2 Å². The number of anilines is 1. The van der Waals surface area contributed by atoms with Crippen molar-refractivity contribution in [3.05, 3.63) is 99.6 Å². The fourth-order valence-electron chi connectivity index (χ4n) is 8.60. The van der Waals surface area contributed by atoms with Gasteiger partial charge in [-0.05, 0) is 78.8 Å². The highest BCUT2D eigenvalue weighted by molar-refractivity contribution is 6.36. The Balaban J connectivity index is 1.43. The summed E-state index contributed by atoms with van der Waals surface area (Å²) in [4.78, 5) is 58.9. The molecule has 2 heterocycles. The third kappa shape index (κ3) is 5.47. The lowest BCUT2D eigenvalue weighted by Gasteiger charge is -2.49. The van der Waals surface area contributed by atoms with Gasteiger partial charge in [0.1, 0.15) is 5.75 Å². The number of methoxy groups -OCH3 is 2. The number of likely N-dealkylation sites (tertiary alicyclic amines) is 1. The molecule has 0 bridgehead atoms. The first-order valence-electron chi connectivity index (χ1n) is 16.9. The second-order valence-electron chi connectivity index (χ2n) is 13.4. The molecule has 0 spiro atoms. The minimum absolute atomic E-state index is 0.0247. The first-order chi connectivity index (χ1) is 24.5. The highest BCUT2D eigenvalue weighted by Gasteiger charge is 2.69. The van der Waals surface area contributed by atoms with Crippen LogP contribution >= 0.6 is 23.2 Å². The Morgan fingerprint density at radius 2 is 1.71 bits per heavy atom. The first-order valence-corrected chi connectivity index (χ1v) is 17.7. The van der Waals surface area contributed by atoms with Crippen molar-refractivity contribution < 1.29 is 33.8 Å². The lowest BCUT2D eigenvalue weighted by atomic mass is 9.50. The van der Waals surface area contributed by atoms with Crippen molar-refractivity contribution in [3.8, 4) is 17.2 Å². The van der Waals surface area contributed by atoms with Crippen molar-refractivity contribution in [2.45, 2.75) is 31.6 Å². The summed E-state index contributed by atoms with van der Waals surface area (Å²) in [5.41, 5.74) is 3.96. The number of hydrogen-bond donors (Lipinski definition) is 2. The average Bonchev–Trinajstić information content (AvgIpc) is 3.50. The van der Waals surface area contributed by atoms with Crippen molar-refractivity contribution in [3.63, 3.8) is 0 Å². The number of allylic oxidation sites excluding steroid dienone is 3. The molecule has 0 aromatic heterocycles. The van der Waals surface area contributed by atoms with Crippen LogP contribution in [0.2, 0.25) is 10.0 Å². The fourth-order valence-corrected chi connectivity index (χ4v) is 9.05. The summed E-state index contributed by atoms with van der Waals surface area (Å²) in [6, 6.07) is 16.8. The number of phenols is 1. The molecule has 3 fully saturated rings. The molecule has 12 heteroatoms. The van der Waals surface area contributed by atoms with Gasteiger partial charge in [0, 0.05) is 17.5 Å². The molecule has 2 aliphatic heterocycles. The van der Waals surface area contributed by atoms with Crippen LogP contribution < -0.4 is 14.9 Å². The predicted molar refractivity (Wildman–Crippen MR) is 192 cm³/mol. The van der Waals surface area contributed by atoms with Gasteiger partial charge in [0.2, 0.25) is 11.8 Å². The fraction of sp³-hybridized carbons (Fsp3) is 0.333. The number of ether oxygens (including phenoxy) is 2. The van der Waals surface area contributed by atoms with Gasteiger partial charge in [0.15, 0.2) is 11.5 Å². The third-order valence-corrected chi connectivity index (χ3v) is 11.4. The van der Waals surface area contributed by atoms with E-state index in [-0.39, 0.29) is 34.8 Å². The van der Waals surface area contributed by atoms with Crippen LogP contribution in [-0.2, 0) is 24.6 Å². The maximum absolute atomic E-state index is 15.2. The summed E-state index contributed by atoms with van der Waals surface area (Å²) in [6.45, 7) is 2.25. The van der Waals surface area contributed by atoms with Crippen LogP contribution in [-0.4, -0.2) is 59.4 Å². The van der Waals surface area contributed by atoms with E-state index < -0.39 is 46.8 Å². The van der Waals surface area contributed by atoms with Gasteiger partial charge in [-0.1, -0.05) is 72.1 Å². The highest BCUT2D eigenvalue weighted by atomic mass is 35.5. The molecule has 2 N–H and O–H groups in total. The van der Waals surface area contributed by atoms with Crippen molar-refractivity contribution in [1.82, 2.24) is 9.91 Å². The topological polar surface area (TPSA) is 125 Å². The van der Waals surface area contributed by atoms with E-state index in [2.05, 4.69) is 5.43 Å². The lowest BCUT2D eigenvalue weighted by Crippen LogP contribution is -2.54. The van der Waals surface area contributed by atoms with Crippen molar-refractivity contribution in [1.29, 1.82) is 0 Å². The minimum Gasteiger partial charge on any atom is -0.504 e. The monoisotopic (exact) mass is 729 g/mol. The molecular formula is C39H37Cl2N3O7. The zero-order valence-electron chi connectivity index (χ0n) is 28.3. The Hall–Kier alpha value is -4.80. The summed E-state index contributed by atoms with van der Waals surface area (Å²) in [5, 5.41) is 11.9. The molecule has 10 nitrogen and oxygen atoms in total. The highest BCUT2D eigenvalue weighted by Crippen LogP contribution is 2.61. The SMILES string of the molecule is CCCN1C(=O)C2CC=C3C(CC4C(=O)N(Nc5ccc(Cl)cc5Cl)C(=O)C4(c4ccc(OC)cc4)C3C=Cc3ccc(O)c(OC)c3)C2C1=O. The summed E-state index contributed by atoms with van der Waals surface area (Å²) in [7, 11) is 3.01. The number of phenolic OH excluding ortho intramolecular Hbond substituents is 1. The van der Waals surface area contributed by atoms with E-state index in [1.54, 1.807) is 55.6 Å². The van der Waals surface area contributed by atoms with Crippen LogP contribution in [0.5, 0.6) is 17.2 Å². The molecule has 2 saturated heterocycles. The largest absolute Gasteiger partial charge is 0.504 e. The van der Waals surface area contributed by atoms with Gasteiger partial charge in [0.25, 0.3) is 11.8 Å². The van der Waals surface area contributed by atoms with E-state index >= 15 is 4.79 Å². The number of benzene rings is 3. The zero-order chi connectivity index (χ0) is 36.2. The molecule has 1 saturated carbocycles. The lowest BCUT2D eigenvalue weighted by molar-refractivity contribution is -0.141. The van der Waals surface area contributed by atoms with Gasteiger partial charge in [-0.25, -0.2) is 0 Å². The minimum atomic E-state index is -1.46. The molecule has 6 atom stereocenters. The number of rotatable bonds is 9. The number of hydrazine groups is 1. The Kier molecular flexibility index (Phi) is 9.10. The van der Waals surface area contributed by atoms with Crippen molar-refractivity contribution in [2.24, 2.45) is 29.6 Å². The van der Waals surface area contributed by atoms with E-state index in [0.717, 1.165) is 10.6 Å². The second kappa shape index (κ2) is 13.4. The van der Waals surface area contributed by atoms with E-state index in [4.69, 9.17) is 32.7 Å². The number of aromatic hydroxyl groups is 1. The van der Waals surface area contributed by atoms with Crippen LogP contribution in [0, 0.1) is 29.6 Å². The third-order valence-electron chi connectivity index (χ3n) is 10.9. The Labute approximate surface area is 305 Å². The van der Waals surface area contributed by atoms with Crippen LogP contribution in [0.25, 0.3) is 6.08 Å². The summed E-state index contributed by atoms with van der Waals surface area (Å²) in [6.07, 6.45) is 6.88. The molecule has 3 aromatic carbocycles. The normalized spacial score (nSPS) is 27.0. The number of halogens is 2. The second-order valence-corrected chi connectivity index (χ2v) is 14.2. The molecule has 0 radical (unpaired) electrons. The summed E-state index contributed by atoms with van der Waals surface area (Å²) < 4.78 is 10.8. The molecule has 6 unspecified atom stereocenters. The summed E-state index contributed by atoms with van der Waals surface area (Å²) >= 11 is 12.7. The van der Waals surface area contributed by atoms with Gasteiger partial charge in [0.05, 0.1) is 48.1 Å². The Bertz CT molecular complexity index is 2000. The molecule has 4 amide bonds. The smallest absolute Gasteiger partial charge is 0.260 e. The quantitative estimate of drug-likeness (QED) is 0.185.